The fraction of sp³-hybridized carbons (Fsp3) is 0.250. The molecule has 0 saturated carbocycles. The van der Waals surface area contributed by atoms with Crippen LogP contribution in [0.3, 0.4) is 0 Å². The van der Waals surface area contributed by atoms with Gasteiger partial charge in [0.05, 0.1) is 11.0 Å². The Hall–Kier alpha value is -2.28. The monoisotopic (exact) mass is 379 g/mol. The number of aliphatic carboxylic acids is 1. The van der Waals surface area contributed by atoms with Gasteiger partial charge in [0.2, 0.25) is 0 Å². The van der Waals surface area contributed by atoms with Gasteiger partial charge in [0.15, 0.2) is 0 Å². The number of hydrogen-bond acceptors (Lipinski definition) is 3. The van der Waals surface area contributed by atoms with E-state index in [4.69, 9.17) is 14.9 Å². The van der Waals surface area contributed by atoms with Gasteiger partial charge in [-0.1, -0.05) is 30.3 Å². The maximum atomic E-state index is 11.2. The second kappa shape index (κ2) is 6.08. The van der Waals surface area contributed by atoms with E-state index in [1.807, 2.05) is 30.3 Å². The van der Waals surface area contributed by atoms with Crippen LogP contribution in [0.15, 0.2) is 40.9 Å². The van der Waals surface area contributed by atoms with Gasteiger partial charge < -0.3 is 14.9 Å². The highest BCUT2D eigenvalue weighted by Crippen LogP contribution is 2.35. The van der Waals surface area contributed by atoms with Gasteiger partial charge in [-0.15, -0.1) is 0 Å². The van der Waals surface area contributed by atoms with Gasteiger partial charge in [0, 0.05) is 6.42 Å². The molecule has 1 amide bonds. The van der Waals surface area contributed by atoms with E-state index in [0.29, 0.717) is 5.75 Å². The number of likely N-dealkylation sites (tertiary alicyclic amines) is 1. The van der Waals surface area contributed by atoms with Gasteiger partial charge >= 0.3 is 12.1 Å². The molecule has 2 atom stereocenters. The van der Waals surface area contributed by atoms with Crippen LogP contribution in [0.4, 0.5) is 4.79 Å². The number of hydrogen-bond donors (Lipinski definition) is 2. The van der Waals surface area contributed by atoms with Crippen molar-refractivity contribution in [1.82, 2.24) is 4.90 Å². The van der Waals surface area contributed by atoms with Gasteiger partial charge in [-0.3, -0.25) is 4.90 Å². The predicted molar refractivity (Wildman–Crippen MR) is 86.8 cm³/mol. The maximum absolute atomic E-state index is 11.2. The minimum absolute atomic E-state index is 0.0333. The molecule has 1 aliphatic heterocycles. The van der Waals surface area contributed by atoms with Gasteiger partial charge in [-0.05, 0) is 32.8 Å². The van der Waals surface area contributed by atoms with E-state index in [9.17, 15) is 9.59 Å². The Kier molecular flexibility index (Phi) is 4.12. The molecule has 0 bridgehead atoms. The highest BCUT2D eigenvalue weighted by molar-refractivity contribution is 9.10. The minimum atomic E-state index is -1.25. The molecule has 1 heterocycles. The van der Waals surface area contributed by atoms with Crippen molar-refractivity contribution < 1.29 is 24.5 Å². The number of nitrogens with zero attached hydrogens (tertiary/aromatic N) is 1. The number of amides is 1. The summed E-state index contributed by atoms with van der Waals surface area (Å²) in [4.78, 5) is 23.2. The predicted octanol–water partition coefficient (Wildman–Crippen LogP) is 3.19. The molecule has 0 aliphatic carbocycles. The average molecular weight is 380 g/mol. The fourth-order valence-electron chi connectivity index (χ4n) is 2.81. The molecule has 2 N–H and O–H groups in total. The Balaban J connectivity index is 1.84. The first kappa shape index (κ1) is 15.6. The molecule has 1 fully saturated rings. The van der Waals surface area contributed by atoms with Crippen molar-refractivity contribution in [1.29, 1.82) is 0 Å². The average Bonchev–Trinajstić information content (AvgIpc) is 2.95. The van der Waals surface area contributed by atoms with Gasteiger partial charge in [0.25, 0.3) is 0 Å². The van der Waals surface area contributed by atoms with E-state index in [1.54, 1.807) is 6.07 Å². The van der Waals surface area contributed by atoms with Crippen molar-refractivity contribution in [2.75, 3.05) is 6.54 Å². The van der Waals surface area contributed by atoms with E-state index < -0.39 is 24.2 Å². The summed E-state index contributed by atoms with van der Waals surface area (Å²) in [5, 5.41) is 20.3. The zero-order valence-electron chi connectivity index (χ0n) is 12.0. The third kappa shape index (κ3) is 2.96. The number of fused-ring (bicyclic) bond motifs is 1. The summed E-state index contributed by atoms with van der Waals surface area (Å²) in [5.74, 6) is -0.582. The molecule has 7 heteroatoms. The van der Waals surface area contributed by atoms with Crippen LogP contribution in [0.1, 0.15) is 6.42 Å². The number of benzene rings is 2. The number of halogens is 1. The Morgan fingerprint density at radius 1 is 1.17 bits per heavy atom. The molecule has 0 spiro atoms. The fourth-order valence-corrected chi connectivity index (χ4v) is 3.40. The highest BCUT2D eigenvalue weighted by atomic mass is 79.9. The number of ether oxygens (including phenoxy) is 1. The third-order valence-corrected chi connectivity index (χ3v) is 4.73. The van der Waals surface area contributed by atoms with Crippen molar-refractivity contribution in [3.05, 3.63) is 40.9 Å². The normalized spacial score (nSPS) is 20.7. The highest BCUT2D eigenvalue weighted by Gasteiger charge is 2.41. The lowest BCUT2D eigenvalue weighted by atomic mass is 10.1. The summed E-state index contributed by atoms with van der Waals surface area (Å²) in [5.41, 5.74) is 0. The van der Waals surface area contributed by atoms with Crippen LogP contribution >= 0.6 is 15.9 Å². The Morgan fingerprint density at radius 3 is 2.57 bits per heavy atom. The standard InChI is InChI=1S/C16H14BrNO5/c17-14-11-4-2-1-3-9(11)5-6-13(14)23-10-7-12(15(19)20)18(8-10)16(21)22/h1-6,10,12H,7-8H2,(H,19,20)(H,21,22)/t10-,12+/m1/s1. The second-order valence-electron chi connectivity index (χ2n) is 5.36. The lowest BCUT2D eigenvalue weighted by Crippen LogP contribution is -2.39. The molecule has 6 nitrogen and oxygen atoms in total. The number of rotatable bonds is 3. The van der Waals surface area contributed by atoms with E-state index in [0.717, 1.165) is 20.1 Å². The zero-order valence-corrected chi connectivity index (χ0v) is 13.6. The van der Waals surface area contributed by atoms with Crippen LogP contribution in [-0.2, 0) is 4.79 Å². The molecule has 0 unspecified atom stereocenters. The van der Waals surface area contributed by atoms with E-state index in [2.05, 4.69) is 15.9 Å². The van der Waals surface area contributed by atoms with Crippen molar-refractivity contribution in [2.24, 2.45) is 0 Å². The first-order valence-corrected chi connectivity index (χ1v) is 7.83. The van der Waals surface area contributed by atoms with Crippen molar-refractivity contribution in [3.63, 3.8) is 0 Å². The summed E-state index contributed by atoms with van der Waals surface area (Å²) in [7, 11) is 0. The van der Waals surface area contributed by atoms with Crippen LogP contribution < -0.4 is 4.74 Å². The van der Waals surface area contributed by atoms with Gasteiger partial charge in [0.1, 0.15) is 17.9 Å². The van der Waals surface area contributed by atoms with Crippen LogP contribution in [0.25, 0.3) is 10.8 Å². The van der Waals surface area contributed by atoms with E-state index in [1.165, 1.54) is 0 Å². The van der Waals surface area contributed by atoms with Crippen LogP contribution in [0, 0.1) is 0 Å². The van der Waals surface area contributed by atoms with E-state index in [-0.39, 0.29) is 13.0 Å². The summed E-state index contributed by atoms with van der Waals surface area (Å²) < 4.78 is 6.63. The lowest BCUT2D eigenvalue weighted by Gasteiger charge is -2.17. The molecule has 3 rings (SSSR count). The van der Waals surface area contributed by atoms with Crippen LogP contribution in [0.2, 0.25) is 0 Å². The summed E-state index contributed by atoms with van der Waals surface area (Å²) >= 11 is 3.51. The Morgan fingerprint density at radius 2 is 1.91 bits per heavy atom. The largest absolute Gasteiger partial charge is 0.487 e. The SMILES string of the molecule is O=C(O)[C@@H]1C[C@@H](Oc2ccc3ccccc3c2Br)CN1C(=O)O. The molecule has 23 heavy (non-hydrogen) atoms. The van der Waals surface area contributed by atoms with Gasteiger partial charge in [-0.25, -0.2) is 9.59 Å². The molecule has 0 aromatic heterocycles. The zero-order chi connectivity index (χ0) is 16.6. The first-order valence-electron chi connectivity index (χ1n) is 7.03. The topological polar surface area (TPSA) is 87.1 Å². The number of carbonyl (C=O) groups is 2. The molecule has 2 aromatic rings. The molecule has 1 saturated heterocycles. The first-order chi connectivity index (χ1) is 11.0. The molecule has 120 valence electrons. The quantitative estimate of drug-likeness (QED) is 0.854. The number of carboxylic acids is 1. The third-order valence-electron chi connectivity index (χ3n) is 3.91. The molecular weight excluding hydrogens is 366 g/mol. The van der Waals surface area contributed by atoms with Crippen molar-refractivity contribution >= 4 is 38.8 Å². The van der Waals surface area contributed by atoms with E-state index >= 15 is 0 Å². The molecular formula is C16H14BrNO5. The summed E-state index contributed by atoms with van der Waals surface area (Å²) in [6, 6.07) is 10.4. The van der Waals surface area contributed by atoms with Crippen LogP contribution in [-0.4, -0.2) is 45.9 Å². The smallest absolute Gasteiger partial charge is 0.408 e. The summed E-state index contributed by atoms with van der Waals surface area (Å²) in [6.07, 6.45) is -1.62. The van der Waals surface area contributed by atoms with Crippen molar-refractivity contribution in [2.45, 2.75) is 18.6 Å². The molecule has 2 aromatic carbocycles. The van der Waals surface area contributed by atoms with Crippen LogP contribution in [0.5, 0.6) is 5.75 Å². The second-order valence-corrected chi connectivity index (χ2v) is 6.16. The lowest BCUT2D eigenvalue weighted by molar-refractivity contribution is -0.141. The maximum Gasteiger partial charge on any atom is 0.408 e. The molecule has 1 aliphatic rings. The van der Waals surface area contributed by atoms with Gasteiger partial charge in [-0.2, -0.15) is 0 Å². The Labute approximate surface area is 140 Å². The summed E-state index contributed by atoms with van der Waals surface area (Å²) in [6.45, 7) is 0.0333. The molecule has 0 radical (unpaired) electrons. The number of carboxylic acid groups (broad SMARTS) is 2. The Bertz CT molecular complexity index is 756. The van der Waals surface area contributed by atoms with Crippen molar-refractivity contribution in [3.8, 4) is 5.75 Å². The minimum Gasteiger partial charge on any atom is -0.487 e.